The molecule has 0 fully saturated rings. The van der Waals surface area contributed by atoms with Crippen molar-refractivity contribution in [1.82, 2.24) is 9.88 Å². The molecule has 130 valence electrons. The van der Waals surface area contributed by atoms with Gasteiger partial charge in [-0.15, -0.1) is 0 Å². The highest BCUT2D eigenvalue weighted by molar-refractivity contribution is 5.94. The molecule has 0 saturated heterocycles. The van der Waals surface area contributed by atoms with Gasteiger partial charge in [0.15, 0.2) is 0 Å². The van der Waals surface area contributed by atoms with E-state index < -0.39 is 0 Å². The molecule has 0 unspecified atom stereocenters. The lowest BCUT2D eigenvalue weighted by Crippen LogP contribution is -2.25. The maximum Gasteiger partial charge on any atom is 0.125 e. The molecule has 1 N–H and O–H groups in total. The number of aromatic nitrogens is 1. The average molecular weight is 327 g/mol. The van der Waals surface area contributed by atoms with Crippen LogP contribution in [0.15, 0.2) is 24.4 Å². The highest BCUT2D eigenvalue weighted by Crippen LogP contribution is 2.40. The van der Waals surface area contributed by atoms with E-state index in [1.807, 2.05) is 6.20 Å². The number of benzene rings is 1. The van der Waals surface area contributed by atoms with Gasteiger partial charge in [-0.05, 0) is 58.1 Å². The Bertz CT molecular complexity index is 707. The fourth-order valence-corrected chi connectivity index (χ4v) is 3.50. The minimum Gasteiger partial charge on any atom is -0.487 e. The van der Waals surface area contributed by atoms with Crippen LogP contribution in [-0.4, -0.2) is 41.7 Å². The fraction of sp³-hybridized carbons (Fsp3) is 0.550. The Balaban J connectivity index is 1.74. The first kappa shape index (κ1) is 17.0. The van der Waals surface area contributed by atoms with Crippen molar-refractivity contribution in [2.24, 2.45) is 0 Å². The van der Waals surface area contributed by atoms with Crippen LogP contribution in [0.25, 0.3) is 10.9 Å². The smallest absolute Gasteiger partial charge is 0.125 e. The average Bonchev–Trinajstić information content (AvgIpc) is 2.89. The summed E-state index contributed by atoms with van der Waals surface area (Å²) in [5, 5.41) is 4.79. The number of rotatable bonds is 7. The second kappa shape index (κ2) is 6.98. The molecule has 0 radical (unpaired) electrons. The van der Waals surface area contributed by atoms with E-state index in [2.05, 4.69) is 61.1 Å². The van der Waals surface area contributed by atoms with Gasteiger partial charge in [0.25, 0.3) is 0 Å². The molecule has 3 rings (SSSR count). The van der Waals surface area contributed by atoms with Crippen molar-refractivity contribution >= 4 is 16.6 Å². The highest BCUT2D eigenvalue weighted by atomic mass is 16.5. The van der Waals surface area contributed by atoms with Crippen LogP contribution in [0.3, 0.4) is 0 Å². The normalized spacial score (nSPS) is 15.5. The van der Waals surface area contributed by atoms with Gasteiger partial charge in [0.1, 0.15) is 11.4 Å². The molecule has 24 heavy (non-hydrogen) atoms. The van der Waals surface area contributed by atoms with E-state index in [1.165, 1.54) is 16.6 Å². The first-order valence-electron chi connectivity index (χ1n) is 9.10. The Morgan fingerprint density at radius 1 is 1.21 bits per heavy atom. The topological polar surface area (TPSA) is 37.4 Å². The molecule has 0 aliphatic carbocycles. The third-order valence-electron chi connectivity index (χ3n) is 4.82. The molecule has 1 aliphatic rings. The van der Waals surface area contributed by atoms with Crippen LogP contribution in [0.5, 0.6) is 5.75 Å². The summed E-state index contributed by atoms with van der Waals surface area (Å²) >= 11 is 0. The quantitative estimate of drug-likeness (QED) is 0.777. The zero-order valence-electron chi connectivity index (χ0n) is 15.4. The molecule has 0 spiro atoms. The van der Waals surface area contributed by atoms with E-state index in [9.17, 15) is 0 Å². The third kappa shape index (κ3) is 3.48. The Morgan fingerprint density at radius 3 is 2.75 bits per heavy atom. The van der Waals surface area contributed by atoms with Crippen molar-refractivity contribution in [1.29, 1.82) is 0 Å². The zero-order valence-corrected chi connectivity index (χ0v) is 15.4. The van der Waals surface area contributed by atoms with E-state index in [0.29, 0.717) is 0 Å². The SMILES string of the molecule is CCN(CC)CCCNc1ccnc2c3c(ccc12)OC(C)(C)C3. The van der Waals surface area contributed by atoms with Crippen molar-refractivity contribution in [2.75, 3.05) is 31.5 Å². The molecule has 1 aliphatic heterocycles. The Labute approximate surface area is 145 Å². The summed E-state index contributed by atoms with van der Waals surface area (Å²) in [6, 6.07) is 6.30. The van der Waals surface area contributed by atoms with Crippen LogP contribution in [0.2, 0.25) is 0 Å². The minimum atomic E-state index is -0.133. The summed E-state index contributed by atoms with van der Waals surface area (Å²) in [4.78, 5) is 7.09. The lowest BCUT2D eigenvalue weighted by Gasteiger charge is -2.18. The van der Waals surface area contributed by atoms with Crippen molar-refractivity contribution in [3.8, 4) is 5.75 Å². The van der Waals surface area contributed by atoms with Gasteiger partial charge in [-0.25, -0.2) is 0 Å². The van der Waals surface area contributed by atoms with Gasteiger partial charge < -0.3 is 15.0 Å². The predicted octanol–water partition coefficient (Wildman–Crippen LogP) is 4.09. The summed E-state index contributed by atoms with van der Waals surface area (Å²) in [6.07, 6.45) is 3.96. The number of ether oxygens (including phenoxy) is 1. The van der Waals surface area contributed by atoms with Crippen LogP contribution in [0.4, 0.5) is 5.69 Å². The number of hydrogen-bond donors (Lipinski definition) is 1. The molecule has 2 aromatic rings. The Hall–Kier alpha value is -1.81. The minimum absolute atomic E-state index is 0.133. The first-order valence-corrected chi connectivity index (χ1v) is 9.10. The summed E-state index contributed by atoms with van der Waals surface area (Å²) in [6.45, 7) is 13.1. The van der Waals surface area contributed by atoms with E-state index in [0.717, 1.165) is 50.3 Å². The van der Waals surface area contributed by atoms with Gasteiger partial charge in [0, 0.05) is 35.8 Å². The summed E-state index contributed by atoms with van der Waals surface area (Å²) in [7, 11) is 0. The number of fused-ring (bicyclic) bond motifs is 3. The molecule has 2 heterocycles. The van der Waals surface area contributed by atoms with Gasteiger partial charge >= 0.3 is 0 Å². The number of nitrogens with zero attached hydrogens (tertiary/aromatic N) is 2. The molecule has 0 saturated carbocycles. The molecule has 4 heteroatoms. The zero-order chi connectivity index (χ0) is 17.2. The van der Waals surface area contributed by atoms with Gasteiger partial charge in [-0.2, -0.15) is 0 Å². The number of hydrogen-bond acceptors (Lipinski definition) is 4. The third-order valence-corrected chi connectivity index (χ3v) is 4.82. The first-order chi connectivity index (χ1) is 11.5. The monoisotopic (exact) mass is 327 g/mol. The van der Waals surface area contributed by atoms with E-state index >= 15 is 0 Å². The van der Waals surface area contributed by atoms with Crippen molar-refractivity contribution in [3.63, 3.8) is 0 Å². The lowest BCUT2D eigenvalue weighted by molar-refractivity contribution is 0.138. The van der Waals surface area contributed by atoms with Gasteiger partial charge in [-0.3, -0.25) is 4.98 Å². The maximum absolute atomic E-state index is 6.03. The summed E-state index contributed by atoms with van der Waals surface area (Å²) in [5.74, 6) is 0.985. The van der Waals surface area contributed by atoms with Crippen molar-refractivity contribution < 1.29 is 4.74 Å². The van der Waals surface area contributed by atoms with Crippen LogP contribution >= 0.6 is 0 Å². The molecule has 0 amide bonds. The Kier molecular flexibility index (Phi) is 4.95. The van der Waals surface area contributed by atoms with Gasteiger partial charge in [0.2, 0.25) is 0 Å². The largest absolute Gasteiger partial charge is 0.487 e. The molecular formula is C20H29N3O. The maximum atomic E-state index is 6.03. The van der Waals surface area contributed by atoms with Crippen LogP contribution in [-0.2, 0) is 6.42 Å². The van der Waals surface area contributed by atoms with Crippen LogP contribution in [0.1, 0.15) is 39.7 Å². The van der Waals surface area contributed by atoms with Crippen LogP contribution in [0, 0.1) is 0 Å². The van der Waals surface area contributed by atoms with Crippen LogP contribution < -0.4 is 10.1 Å². The van der Waals surface area contributed by atoms with Crippen molar-refractivity contribution in [3.05, 3.63) is 30.0 Å². The Morgan fingerprint density at radius 2 is 2.00 bits per heavy atom. The molecule has 0 atom stereocenters. The van der Waals surface area contributed by atoms with E-state index in [4.69, 9.17) is 4.74 Å². The number of nitrogens with one attached hydrogen (secondary N) is 1. The number of pyridine rings is 1. The summed E-state index contributed by atoms with van der Waals surface area (Å²) in [5.41, 5.74) is 3.36. The lowest BCUT2D eigenvalue weighted by atomic mass is 9.99. The molecule has 4 nitrogen and oxygen atoms in total. The standard InChI is InChI=1S/C20H29N3O/c1-5-23(6-2)13-7-11-21-17-10-12-22-19-15(17)8-9-18-16(19)14-20(3,4)24-18/h8-10,12H,5-7,11,13-14H2,1-4H3,(H,21,22). The van der Waals surface area contributed by atoms with Gasteiger partial charge in [0.05, 0.1) is 5.52 Å². The van der Waals surface area contributed by atoms with E-state index in [1.54, 1.807) is 0 Å². The van der Waals surface area contributed by atoms with E-state index in [-0.39, 0.29) is 5.60 Å². The predicted molar refractivity (Wildman–Crippen MR) is 101 cm³/mol. The fourth-order valence-electron chi connectivity index (χ4n) is 3.50. The molecule has 1 aromatic heterocycles. The van der Waals surface area contributed by atoms with Gasteiger partial charge in [-0.1, -0.05) is 13.8 Å². The molecule has 1 aromatic carbocycles. The van der Waals surface area contributed by atoms with Crippen molar-refractivity contribution in [2.45, 2.75) is 46.1 Å². The summed E-state index contributed by atoms with van der Waals surface area (Å²) < 4.78 is 6.03. The highest BCUT2D eigenvalue weighted by Gasteiger charge is 2.31. The second-order valence-corrected chi connectivity index (χ2v) is 7.14. The molecule has 0 bridgehead atoms. The molecular weight excluding hydrogens is 298 g/mol. The second-order valence-electron chi connectivity index (χ2n) is 7.14. The number of anilines is 1.